The summed E-state index contributed by atoms with van der Waals surface area (Å²) in [5.74, 6) is 0.827. The molecule has 2 aromatic carbocycles. The number of rotatable bonds is 6. The number of aromatic nitrogens is 3. The maximum absolute atomic E-state index is 13.3. The molecule has 4 heterocycles. The van der Waals surface area contributed by atoms with Crippen LogP contribution in [0, 0.1) is 11.3 Å². The molecule has 2 N–H and O–H groups in total. The minimum Gasteiger partial charge on any atom is -0.403 e. The van der Waals surface area contributed by atoms with Crippen molar-refractivity contribution < 1.29 is 13.9 Å². The number of morpholine rings is 1. The number of hydrogen-bond donors (Lipinski definition) is 2. The molecule has 11 heteroatoms. The second-order valence-electron chi connectivity index (χ2n) is 10.1. The van der Waals surface area contributed by atoms with Gasteiger partial charge < -0.3 is 24.7 Å². The monoisotopic (exact) mass is 546 g/mol. The molecule has 2 aromatic heterocycles. The first-order chi connectivity index (χ1) is 20.2. The van der Waals surface area contributed by atoms with Crippen molar-refractivity contribution in [3.63, 3.8) is 0 Å². The van der Waals surface area contributed by atoms with Gasteiger partial charge in [0.2, 0.25) is 6.17 Å². The molecule has 41 heavy (non-hydrogen) atoms. The largest absolute Gasteiger partial charge is 0.403 e. The van der Waals surface area contributed by atoms with E-state index in [1.807, 2.05) is 54.6 Å². The molecule has 7 rings (SSSR count). The van der Waals surface area contributed by atoms with E-state index in [1.54, 1.807) is 6.07 Å². The number of amides is 1. The van der Waals surface area contributed by atoms with Crippen molar-refractivity contribution in [1.29, 1.82) is 5.26 Å². The lowest BCUT2D eigenvalue weighted by Crippen LogP contribution is -2.37. The summed E-state index contributed by atoms with van der Waals surface area (Å²) in [5.41, 5.74) is 4.89. The number of aliphatic imine (C=N–C) groups is 1. The molecule has 0 radical (unpaired) electrons. The van der Waals surface area contributed by atoms with Crippen molar-refractivity contribution in [1.82, 2.24) is 15.2 Å². The minimum atomic E-state index is -1.03. The number of nitrogens with zero attached hydrogens (tertiary/aromatic N) is 6. The van der Waals surface area contributed by atoms with Gasteiger partial charge in [-0.25, -0.2) is 9.98 Å². The Bertz CT molecular complexity index is 1680. The molecule has 11 nitrogen and oxygen atoms in total. The maximum atomic E-state index is 13.3. The van der Waals surface area contributed by atoms with E-state index >= 15 is 0 Å². The average molecular weight is 547 g/mol. The van der Waals surface area contributed by atoms with Gasteiger partial charge in [0.25, 0.3) is 11.8 Å². The van der Waals surface area contributed by atoms with Crippen molar-refractivity contribution in [2.75, 3.05) is 41.8 Å². The van der Waals surface area contributed by atoms with Crippen LogP contribution in [0.2, 0.25) is 0 Å². The van der Waals surface area contributed by atoms with Crippen LogP contribution in [-0.2, 0) is 9.53 Å². The van der Waals surface area contributed by atoms with Gasteiger partial charge in [-0.15, -0.1) is 5.10 Å². The van der Waals surface area contributed by atoms with Crippen LogP contribution in [0.5, 0.6) is 0 Å². The number of nitriles is 1. The Labute approximate surface area is 235 Å². The summed E-state index contributed by atoms with van der Waals surface area (Å²) in [7, 11) is 0. The van der Waals surface area contributed by atoms with E-state index in [4.69, 9.17) is 19.1 Å². The molecule has 204 valence electrons. The summed E-state index contributed by atoms with van der Waals surface area (Å²) in [4.78, 5) is 25.1. The molecular weight excluding hydrogens is 520 g/mol. The number of fused-ring (bicyclic) bond motifs is 1. The molecule has 1 amide bonds. The number of carbonyl (C=O) groups excluding carboxylic acids is 1. The predicted octanol–water partition coefficient (Wildman–Crippen LogP) is 3.94. The zero-order valence-corrected chi connectivity index (χ0v) is 22.1. The Morgan fingerprint density at radius 2 is 1.78 bits per heavy atom. The molecule has 3 aliphatic rings. The molecular formula is C30H26N8O3. The number of nitrogens with one attached hydrogen (secondary N) is 2. The summed E-state index contributed by atoms with van der Waals surface area (Å²) in [6.45, 7) is 2.49. The van der Waals surface area contributed by atoms with Gasteiger partial charge in [0, 0.05) is 30.1 Å². The molecule has 2 fully saturated rings. The summed E-state index contributed by atoms with van der Waals surface area (Å²) in [6.07, 6.45) is 1.02. The molecule has 1 atom stereocenters. The van der Waals surface area contributed by atoms with Crippen LogP contribution in [0.3, 0.4) is 0 Å². The fourth-order valence-corrected chi connectivity index (χ4v) is 5.14. The smallest absolute Gasteiger partial charge is 0.317 e. The Morgan fingerprint density at radius 1 is 1.00 bits per heavy atom. The highest BCUT2D eigenvalue weighted by molar-refractivity contribution is 6.19. The van der Waals surface area contributed by atoms with Gasteiger partial charge in [-0.2, -0.15) is 5.26 Å². The lowest BCUT2D eigenvalue weighted by Gasteiger charge is -2.29. The number of anilines is 3. The van der Waals surface area contributed by atoms with Gasteiger partial charge in [-0.3, -0.25) is 4.79 Å². The third-order valence-electron chi connectivity index (χ3n) is 7.34. The molecule has 1 saturated heterocycles. The van der Waals surface area contributed by atoms with Gasteiger partial charge in [-0.05, 0) is 25.0 Å². The van der Waals surface area contributed by atoms with Crippen LogP contribution in [0.25, 0.3) is 11.5 Å². The summed E-state index contributed by atoms with van der Waals surface area (Å²) < 4.78 is 11.6. The Kier molecular flexibility index (Phi) is 6.37. The summed E-state index contributed by atoms with van der Waals surface area (Å²) >= 11 is 0. The summed E-state index contributed by atoms with van der Waals surface area (Å²) in [5, 5.41) is 24.3. The van der Waals surface area contributed by atoms with E-state index in [0.717, 1.165) is 29.7 Å². The predicted molar refractivity (Wildman–Crippen MR) is 152 cm³/mol. The SMILES string of the molecule is N#Cc1cc(-c2nnc(N[C@H]3N=C(c4ccccc4)c4ccccc4NC3=O)o2)c(N2CCOCC2)nc1C1CC1. The third kappa shape index (κ3) is 4.90. The van der Waals surface area contributed by atoms with Gasteiger partial charge in [0.15, 0.2) is 0 Å². The number of carbonyl (C=O) groups is 1. The van der Waals surface area contributed by atoms with Crippen molar-refractivity contribution in [3.05, 3.63) is 83.0 Å². The molecule has 0 spiro atoms. The van der Waals surface area contributed by atoms with Crippen LogP contribution in [-0.4, -0.2) is 59.3 Å². The standard InChI is InChI=1S/C30H26N8O3/c31-17-20-16-22(27(34-24(20)19-10-11-19)38-12-14-40-15-13-38)29-36-37-30(41-29)35-26-28(39)32-23-9-5-4-8-21(23)25(33-26)18-6-2-1-3-7-18/h1-9,16,19,26H,10-15H2,(H,32,39)(H,35,37)/t26-/m1/s1. The van der Waals surface area contributed by atoms with E-state index in [2.05, 4.69) is 31.8 Å². The Morgan fingerprint density at radius 3 is 2.56 bits per heavy atom. The first-order valence-electron chi connectivity index (χ1n) is 13.6. The van der Waals surface area contributed by atoms with Crippen LogP contribution < -0.4 is 15.5 Å². The van der Waals surface area contributed by atoms with E-state index in [1.165, 1.54) is 0 Å². The van der Waals surface area contributed by atoms with E-state index < -0.39 is 6.17 Å². The topological polar surface area (TPSA) is 142 Å². The number of hydrogen-bond acceptors (Lipinski definition) is 10. The van der Waals surface area contributed by atoms with E-state index in [9.17, 15) is 10.1 Å². The van der Waals surface area contributed by atoms with Crippen molar-refractivity contribution in [2.24, 2.45) is 4.99 Å². The molecule has 4 aromatic rings. The highest BCUT2D eigenvalue weighted by Gasteiger charge is 2.32. The highest BCUT2D eigenvalue weighted by Crippen LogP contribution is 2.43. The lowest BCUT2D eigenvalue weighted by atomic mass is 10.0. The van der Waals surface area contributed by atoms with Gasteiger partial charge in [0.05, 0.1) is 41.4 Å². The van der Waals surface area contributed by atoms with E-state index in [-0.39, 0.29) is 17.8 Å². The third-order valence-corrected chi connectivity index (χ3v) is 7.34. The fraction of sp³-hybridized carbons (Fsp3) is 0.267. The number of para-hydroxylation sites is 1. The number of pyridine rings is 1. The first-order valence-corrected chi connectivity index (χ1v) is 13.6. The van der Waals surface area contributed by atoms with Crippen molar-refractivity contribution in [2.45, 2.75) is 24.9 Å². The minimum absolute atomic E-state index is 0.0278. The van der Waals surface area contributed by atoms with Crippen LogP contribution >= 0.6 is 0 Å². The zero-order chi connectivity index (χ0) is 27.8. The first kappa shape index (κ1) is 24.9. The van der Waals surface area contributed by atoms with Crippen molar-refractivity contribution >= 4 is 29.1 Å². The fourth-order valence-electron chi connectivity index (χ4n) is 5.14. The Balaban J connectivity index is 1.24. The van der Waals surface area contributed by atoms with Crippen LogP contribution in [0.15, 0.2) is 70.1 Å². The van der Waals surface area contributed by atoms with Crippen LogP contribution in [0.4, 0.5) is 17.5 Å². The van der Waals surface area contributed by atoms with Crippen molar-refractivity contribution in [3.8, 4) is 17.5 Å². The highest BCUT2D eigenvalue weighted by atomic mass is 16.5. The van der Waals surface area contributed by atoms with Gasteiger partial charge >= 0.3 is 6.01 Å². The maximum Gasteiger partial charge on any atom is 0.317 e. The number of benzene rings is 2. The van der Waals surface area contributed by atoms with Gasteiger partial charge in [-0.1, -0.05) is 53.6 Å². The van der Waals surface area contributed by atoms with E-state index in [0.29, 0.717) is 60.6 Å². The normalized spacial score (nSPS) is 18.5. The molecule has 2 aliphatic heterocycles. The second-order valence-corrected chi connectivity index (χ2v) is 10.1. The molecule has 1 aliphatic carbocycles. The van der Waals surface area contributed by atoms with Crippen LogP contribution in [0.1, 0.15) is 41.1 Å². The molecule has 0 bridgehead atoms. The molecule has 1 saturated carbocycles. The number of ether oxygens (including phenoxy) is 1. The molecule has 0 unspecified atom stereocenters. The number of benzodiazepines with no additional fused rings is 1. The quantitative estimate of drug-likeness (QED) is 0.368. The lowest BCUT2D eigenvalue weighted by molar-refractivity contribution is -0.116. The average Bonchev–Trinajstić information content (AvgIpc) is 3.79. The summed E-state index contributed by atoms with van der Waals surface area (Å²) in [6, 6.07) is 21.3. The Hall–Kier alpha value is -5.08. The second kappa shape index (κ2) is 10.5. The zero-order valence-electron chi connectivity index (χ0n) is 22.1. The van der Waals surface area contributed by atoms with Gasteiger partial charge in [0.1, 0.15) is 11.9 Å².